The molecule has 0 aromatic heterocycles. The maximum Gasteiger partial charge on any atom is 0.243 e. The van der Waals surface area contributed by atoms with Crippen molar-refractivity contribution >= 4 is 15.9 Å². The number of sulfonamides is 1. The molecular weight excluding hydrogens is 355 g/mol. The van der Waals surface area contributed by atoms with Crippen LogP contribution in [0, 0.1) is 18.7 Å². The van der Waals surface area contributed by atoms with Crippen molar-refractivity contribution in [2.24, 2.45) is 5.92 Å². The molecule has 1 aromatic rings. The number of aryl methyl sites for hydroxylation is 1. The number of piperidine rings is 1. The SMILES string of the molecule is Cc1ccc(S(=O)(=O)N2CCC(NC(=O)C3CCCCC3)CC2)cc1F. The fourth-order valence-corrected chi connectivity index (χ4v) is 5.29. The number of nitrogens with zero attached hydrogens (tertiary/aromatic N) is 1. The molecule has 1 saturated heterocycles. The van der Waals surface area contributed by atoms with Gasteiger partial charge in [0.25, 0.3) is 0 Å². The van der Waals surface area contributed by atoms with Gasteiger partial charge in [0.2, 0.25) is 15.9 Å². The summed E-state index contributed by atoms with van der Waals surface area (Å²) in [6.07, 6.45) is 6.53. The smallest absolute Gasteiger partial charge is 0.243 e. The topological polar surface area (TPSA) is 66.5 Å². The van der Waals surface area contributed by atoms with E-state index in [1.165, 1.54) is 22.9 Å². The number of rotatable bonds is 4. The van der Waals surface area contributed by atoms with Crippen LogP contribution in [0.1, 0.15) is 50.5 Å². The number of hydrogen-bond acceptors (Lipinski definition) is 3. The van der Waals surface area contributed by atoms with E-state index in [9.17, 15) is 17.6 Å². The molecule has 1 amide bonds. The van der Waals surface area contributed by atoms with Crippen LogP contribution in [-0.4, -0.2) is 37.8 Å². The largest absolute Gasteiger partial charge is 0.353 e. The van der Waals surface area contributed by atoms with E-state index in [2.05, 4.69) is 5.32 Å². The number of carbonyl (C=O) groups excluding carboxylic acids is 1. The highest BCUT2D eigenvalue weighted by Gasteiger charge is 2.31. The first-order chi connectivity index (χ1) is 12.4. The lowest BCUT2D eigenvalue weighted by molar-refractivity contribution is -0.126. The predicted molar refractivity (Wildman–Crippen MR) is 97.6 cm³/mol. The quantitative estimate of drug-likeness (QED) is 0.871. The molecule has 144 valence electrons. The van der Waals surface area contributed by atoms with Crippen LogP contribution in [0.2, 0.25) is 0 Å². The highest BCUT2D eigenvalue weighted by molar-refractivity contribution is 7.89. The van der Waals surface area contributed by atoms with Crippen LogP contribution in [0.15, 0.2) is 23.1 Å². The Bertz CT molecular complexity index is 752. The fourth-order valence-electron chi connectivity index (χ4n) is 3.81. The summed E-state index contributed by atoms with van der Waals surface area (Å²) in [5, 5.41) is 3.10. The summed E-state index contributed by atoms with van der Waals surface area (Å²) in [5.41, 5.74) is 0.424. The average Bonchev–Trinajstić information content (AvgIpc) is 2.65. The summed E-state index contributed by atoms with van der Waals surface area (Å²) in [4.78, 5) is 12.3. The number of halogens is 1. The van der Waals surface area contributed by atoms with Gasteiger partial charge < -0.3 is 5.32 Å². The van der Waals surface area contributed by atoms with Gasteiger partial charge in [0, 0.05) is 25.0 Å². The van der Waals surface area contributed by atoms with Gasteiger partial charge in [-0.3, -0.25) is 4.79 Å². The molecule has 26 heavy (non-hydrogen) atoms. The standard InChI is InChI=1S/C19H27FN2O3S/c1-14-7-8-17(13-18(14)20)26(24,25)22-11-9-16(10-12-22)21-19(23)15-5-3-2-4-6-15/h7-8,13,15-16H,2-6,9-12H2,1H3,(H,21,23). The Labute approximate surface area is 155 Å². The fraction of sp³-hybridized carbons (Fsp3) is 0.632. The van der Waals surface area contributed by atoms with Crippen LogP contribution in [0.25, 0.3) is 0 Å². The van der Waals surface area contributed by atoms with Crippen molar-refractivity contribution in [1.29, 1.82) is 0 Å². The molecule has 2 fully saturated rings. The van der Waals surface area contributed by atoms with Crippen LogP contribution in [-0.2, 0) is 14.8 Å². The summed E-state index contributed by atoms with van der Waals surface area (Å²) < 4.78 is 40.5. The third-order valence-corrected chi connectivity index (χ3v) is 7.45. The van der Waals surface area contributed by atoms with Gasteiger partial charge in [0.05, 0.1) is 4.90 Å². The van der Waals surface area contributed by atoms with Gasteiger partial charge in [-0.1, -0.05) is 25.3 Å². The Morgan fingerprint density at radius 1 is 1.12 bits per heavy atom. The molecule has 1 saturated carbocycles. The van der Waals surface area contributed by atoms with E-state index in [-0.39, 0.29) is 22.8 Å². The van der Waals surface area contributed by atoms with Crippen molar-refractivity contribution in [3.63, 3.8) is 0 Å². The van der Waals surface area contributed by atoms with Gasteiger partial charge >= 0.3 is 0 Å². The molecular formula is C19H27FN2O3S. The molecule has 0 spiro atoms. The Kier molecular flexibility index (Phi) is 5.97. The van der Waals surface area contributed by atoms with E-state index < -0.39 is 15.8 Å². The van der Waals surface area contributed by atoms with Crippen molar-refractivity contribution in [3.05, 3.63) is 29.6 Å². The van der Waals surface area contributed by atoms with Crippen LogP contribution in [0.4, 0.5) is 4.39 Å². The Morgan fingerprint density at radius 3 is 2.38 bits per heavy atom. The number of nitrogens with one attached hydrogen (secondary N) is 1. The molecule has 1 heterocycles. The van der Waals surface area contributed by atoms with Crippen molar-refractivity contribution < 1.29 is 17.6 Å². The Balaban J connectivity index is 1.57. The van der Waals surface area contributed by atoms with Crippen LogP contribution >= 0.6 is 0 Å². The molecule has 0 unspecified atom stereocenters. The first-order valence-corrected chi connectivity index (χ1v) is 10.9. The summed E-state index contributed by atoms with van der Waals surface area (Å²) in [6, 6.07) is 4.04. The molecule has 0 atom stereocenters. The molecule has 0 bridgehead atoms. The molecule has 1 aromatic carbocycles. The lowest BCUT2D eigenvalue weighted by atomic mass is 9.88. The Hall–Kier alpha value is -1.47. The maximum absolute atomic E-state index is 13.7. The second-order valence-corrected chi connectivity index (χ2v) is 9.37. The lowest BCUT2D eigenvalue weighted by Gasteiger charge is -2.33. The highest BCUT2D eigenvalue weighted by atomic mass is 32.2. The third-order valence-electron chi connectivity index (χ3n) is 5.56. The van der Waals surface area contributed by atoms with E-state index >= 15 is 0 Å². The van der Waals surface area contributed by atoms with E-state index in [4.69, 9.17) is 0 Å². The van der Waals surface area contributed by atoms with Crippen molar-refractivity contribution in [2.75, 3.05) is 13.1 Å². The van der Waals surface area contributed by atoms with Crippen molar-refractivity contribution in [1.82, 2.24) is 9.62 Å². The lowest BCUT2D eigenvalue weighted by Crippen LogP contribution is -2.48. The van der Waals surface area contributed by atoms with Gasteiger partial charge in [0.1, 0.15) is 5.82 Å². The molecule has 5 nitrogen and oxygen atoms in total. The summed E-state index contributed by atoms with van der Waals surface area (Å²) in [5.74, 6) is -0.284. The minimum Gasteiger partial charge on any atom is -0.353 e. The average molecular weight is 383 g/mol. The van der Waals surface area contributed by atoms with Crippen molar-refractivity contribution in [3.8, 4) is 0 Å². The van der Waals surface area contributed by atoms with Gasteiger partial charge in [-0.15, -0.1) is 0 Å². The zero-order chi connectivity index (χ0) is 18.7. The Morgan fingerprint density at radius 2 is 1.77 bits per heavy atom. The van der Waals surface area contributed by atoms with Crippen molar-refractivity contribution in [2.45, 2.75) is 62.8 Å². The summed E-state index contributed by atoms with van der Waals surface area (Å²) >= 11 is 0. The molecule has 7 heteroatoms. The minimum atomic E-state index is -3.69. The van der Waals surface area contributed by atoms with E-state index in [1.807, 2.05) is 0 Å². The summed E-state index contributed by atoms with van der Waals surface area (Å²) in [6.45, 7) is 2.28. The van der Waals surface area contributed by atoms with Crippen LogP contribution in [0.5, 0.6) is 0 Å². The molecule has 3 rings (SSSR count). The number of hydrogen-bond donors (Lipinski definition) is 1. The zero-order valence-electron chi connectivity index (χ0n) is 15.2. The molecule has 2 aliphatic rings. The van der Waals surface area contributed by atoms with Crippen LogP contribution in [0.3, 0.4) is 0 Å². The maximum atomic E-state index is 13.7. The van der Waals surface area contributed by atoms with Gasteiger partial charge in [-0.05, 0) is 50.3 Å². The number of amides is 1. The predicted octanol–water partition coefficient (Wildman–Crippen LogP) is 2.98. The third kappa shape index (κ3) is 4.26. The monoisotopic (exact) mass is 382 g/mol. The first-order valence-electron chi connectivity index (χ1n) is 9.44. The van der Waals surface area contributed by atoms with E-state index in [0.717, 1.165) is 31.7 Å². The van der Waals surface area contributed by atoms with Crippen LogP contribution < -0.4 is 5.32 Å². The minimum absolute atomic E-state index is 0.00899. The molecule has 1 aliphatic heterocycles. The normalized spacial score (nSPS) is 20.8. The van der Waals surface area contributed by atoms with E-state index in [0.29, 0.717) is 31.5 Å². The zero-order valence-corrected chi connectivity index (χ0v) is 16.0. The molecule has 1 N–H and O–H groups in total. The second kappa shape index (κ2) is 8.05. The van der Waals surface area contributed by atoms with Gasteiger partial charge in [0.15, 0.2) is 0 Å². The molecule has 1 aliphatic carbocycles. The van der Waals surface area contributed by atoms with Gasteiger partial charge in [-0.2, -0.15) is 4.31 Å². The highest BCUT2D eigenvalue weighted by Crippen LogP contribution is 2.25. The second-order valence-electron chi connectivity index (χ2n) is 7.43. The van der Waals surface area contributed by atoms with E-state index in [1.54, 1.807) is 6.92 Å². The molecule has 0 radical (unpaired) electrons. The van der Waals surface area contributed by atoms with Gasteiger partial charge in [-0.25, -0.2) is 12.8 Å². The number of carbonyl (C=O) groups is 1. The number of benzene rings is 1. The summed E-state index contributed by atoms with van der Waals surface area (Å²) in [7, 11) is -3.69. The first kappa shape index (κ1) is 19.3.